The molecule has 1 saturated heterocycles. The largest absolute Gasteiger partial charge is 0.493 e. The lowest BCUT2D eigenvalue weighted by molar-refractivity contribution is 0.150. The Balaban J connectivity index is 1.44. The number of halogens is 1. The number of rotatable bonds is 8. The van der Waals surface area contributed by atoms with Gasteiger partial charge in [-0.05, 0) is 50.2 Å². The van der Waals surface area contributed by atoms with Gasteiger partial charge in [0.25, 0.3) is 0 Å². The molecular formula is C23H29FN2O. The van der Waals surface area contributed by atoms with Crippen molar-refractivity contribution in [2.75, 3.05) is 46.4 Å². The van der Waals surface area contributed by atoms with Gasteiger partial charge in [0.2, 0.25) is 0 Å². The number of ether oxygens (including phenoxy) is 1. The average Bonchev–Trinajstić information content (AvgIpc) is 2.69. The summed E-state index contributed by atoms with van der Waals surface area (Å²) in [4.78, 5) is 4.93. The van der Waals surface area contributed by atoms with Crippen LogP contribution in [-0.2, 0) is 0 Å². The first kappa shape index (κ1) is 19.6. The number of benzene rings is 2. The summed E-state index contributed by atoms with van der Waals surface area (Å²) >= 11 is 0. The van der Waals surface area contributed by atoms with E-state index in [1.165, 1.54) is 38.3 Å². The molecule has 0 aromatic heterocycles. The first-order valence-corrected chi connectivity index (χ1v) is 9.77. The van der Waals surface area contributed by atoms with Crippen molar-refractivity contribution in [1.82, 2.24) is 9.80 Å². The molecule has 1 aliphatic heterocycles. The fourth-order valence-corrected chi connectivity index (χ4v) is 3.20. The van der Waals surface area contributed by atoms with Gasteiger partial charge in [-0.15, -0.1) is 0 Å². The molecule has 0 radical (unpaired) electrons. The number of piperazine rings is 1. The van der Waals surface area contributed by atoms with E-state index in [0.717, 1.165) is 42.9 Å². The lowest BCUT2D eigenvalue weighted by atomic mass is 10.1. The molecule has 0 bridgehead atoms. The van der Waals surface area contributed by atoms with Crippen LogP contribution in [0.4, 0.5) is 4.39 Å². The van der Waals surface area contributed by atoms with Crippen molar-refractivity contribution in [3.8, 4) is 5.75 Å². The van der Waals surface area contributed by atoms with Crippen molar-refractivity contribution in [3.63, 3.8) is 0 Å². The van der Waals surface area contributed by atoms with Gasteiger partial charge in [0.05, 0.1) is 6.61 Å². The Morgan fingerprint density at radius 1 is 0.926 bits per heavy atom. The second-order valence-corrected chi connectivity index (χ2v) is 7.12. The highest BCUT2D eigenvalue weighted by Gasteiger charge is 2.12. The second kappa shape index (κ2) is 10.2. The van der Waals surface area contributed by atoms with Crippen LogP contribution < -0.4 is 4.74 Å². The summed E-state index contributed by atoms with van der Waals surface area (Å²) in [6, 6.07) is 14.5. The van der Waals surface area contributed by atoms with E-state index in [0.29, 0.717) is 0 Å². The lowest BCUT2D eigenvalue weighted by Gasteiger charge is -2.32. The van der Waals surface area contributed by atoms with Crippen LogP contribution in [0.15, 0.2) is 48.5 Å². The number of hydrogen-bond donors (Lipinski definition) is 0. The average molecular weight is 368 g/mol. The Morgan fingerprint density at radius 2 is 1.67 bits per heavy atom. The molecule has 2 aromatic carbocycles. The summed E-state index contributed by atoms with van der Waals surface area (Å²) in [5, 5.41) is 0. The molecule has 144 valence electrons. The zero-order chi connectivity index (χ0) is 18.9. The molecule has 3 nitrogen and oxygen atoms in total. The van der Waals surface area contributed by atoms with Gasteiger partial charge < -0.3 is 14.5 Å². The van der Waals surface area contributed by atoms with Gasteiger partial charge in [0.1, 0.15) is 11.6 Å². The topological polar surface area (TPSA) is 15.7 Å². The molecule has 27 heavy (non-hydrogen) atoms. The molecule has 0 atom stereocenters. The van der Waals surface area contributed by atoms with E-state index in [-0.39, 0.29) is 5.82 Å². The van der Waals surface area contributed by atoms with E-state index in [1.54, 1.807) is 12.1 Å². The van der Waals surface area contributed by atoms with Crippen LogP contribution in [-0.4, -0.2) is 56.2 Å². The van der Waals surface area contributed by atoms with Crippen molar-refractivity contribution in [1.29, 1.82) is 0 Å². The summed E-state index contributed by atoms with van der Waals surface area (Å²) < 4.78 is 19.0. The minimum atomic E-state index is -0.215. The summed E-state index contributed by atoms with van der Waals surface area (Å²) in [7, 11) is 2.19. The maximum absolute atomic E-state index is 13.0. The first-order chi connectivity index (χ1) is 13.2. The zero-order valence-electron chi connectivity index (χ0n) is 16.1. The third-order valence-electron chi connectivity index (χ3n) is 4.97. The van der Waals surface area contributed by atoms with Crippen LogP contribution in [0, 0.1) is 5.82 Å². The van der Waals surface area contributed by atoms with Gasteiger partial charge >= 0.3 is 0 Å². The predicted molar refractivity (Wildman–Crippen MR) is 110 cm³/mol. The molecule has 4 heteroatoms. The standard InChI is InChI=1S/C23H29FN2O/c1-25-15-17-26(18-16-25)14-4-5-19-27-23-7-3-2-6-21(23)11-8-20-9-12-22(24)13-10-20/h2-3,6-13H,4-5,14-19H2,1H3/b11-8+. The Morgan fingerprint density at radius 3 is 2.44 bits per heavy atom. The van der Waals surface area contributed by atoms with Gasteiger partial charge in [0, 0.05) is 31.7 Å². The van der Waals surface area contributed by atoms with Crippen molar-refractivity contribution in [2.45, 2.75) is 12.8 Å². The first-order valence-electron chi connectivity index (χ1n) is 9.77. The van der Waals surface area contributed by atoms with Crippen LogP contribution in [0.2, 0.25) is 0 Å². The van der Waals surface area contributed by atoms with E-state index >= 15 is 0 Å². The molecule has 1 aliphatic rings. The van der Waals surface area contributed by atoms with Gasteiger partial charge in [-0.25, -0.2) is 4.39 Å². The molecule has 0 aliphatic carbocycles. The molecule has 0 amide bonds. The van der Waals surface area contributed by atoms with E-state index < -0.39 is 0 Å². The van der Waals surface area contributed by atoms with E-state index in [1.807, 2.05) is 36.4 Å². The Labute approximate surface area is 162 Å². The highest BCUT2D eigenvalue weighted by Crippen LogP contribution is 2.21. The number of para-hydroxylation sites is 1. The maximum Gasteiger partial charge on any atom is 0.126 e. The second-order valence-electron chi connectivity index (χ2n) is 7.12. The zero-order valence-corrected chi connectivity index (χ0v) is 16.1. The Hall–Kier alpha value is -2.17. The van der Waals surface area contributed by atoms with Gasteiger partial charge in [-0.3, -0.25) is 0 Å². The van der Waals surface area contributed by atoms with Crippen LogP contribution in [0.1, 0.15) is 24.0 Å². The van der Waals surface area contributed by atoms with E-state index in [2.05, 4.69) is 16.8 Å². The molecular weight excluding hydrogens is 339 g/mol. The Kier molecular flexibility index (Phi) is 7.43. The van der Waals surface area contributed by atoms with Gasteiger partial charge in [-0.2, -0.15) is 0 Å². The molecule has 3 rings (SSSR count). The third kappa shape index (κ3) is 6.49. The van der Waals surface area contributed by atoms with Crippen molar-refractivity contribution in [2.24, 2.45) is 0 Å². The van der Waals surface area contributed by atoms with Gasteiger partial charge in [-0.1, -0.05) is 42.5 Å². The van der Waals surface area contributed by atoms with Crippen molar-refractivity contribution < 1.29 is 9.13 Å². The SMILES string of the molecule is CN1CCN(CCCCOc2ccccc2/C=C/c2ccc(F)cc2)CC1. The molecule has 1 fully saturated rings. The number of nitrogens with zero attached hydrogens (tertiary/aromatic N) is 2. The van der Waals surface area contributed by atoms with Crippen molar-refractivity contribution in [3.05, 3.63) is 65.5 Å². The summed E-state index contributed by atoms with van der Waals surface area (Å²) in [6.45, 7) is 6.58. The molecule has 0 N–H and O–H groups in total. The van der Waals surface area contributed by atoms with Crippen LogP contribution >= 0.6 is 0 Å². The molecule has 0 spiro atoms. The molecule has 2 aromatic rings. The smallest absolute Gasteiger partial charge is 0.126 e. The highest BCUT2D eigenvalue weighted by molar-refractivity contribution is 5.72. The number of unbranched alkanes of at least 4 members (excludes halogenated alkanes) is 1. The molecule has 1 heterocycles. The summed E-state index contributed by atoms with van der Waals surface area (Å²) in [5.41, 5.74) is 2.01. The lowest BCUT2D eigenvalue weighted by Crippen LogP contribution is -2.44. The van der Waals surface area contributed by atoms with Crippen LogP contribution in [0.3, 0.4) is 0 Å². The quantitative estimate of drug-likeness (QED) is 0.507. The van der Waals surface area contributed by atoms with Crippen LogP contribution in [0.5, 0.6) is 5.75 Å². The normalized spacial score (nSPS) is 16.1. The minimum absolute atomic E-state index is 0.215. The van der Waals surface area contributed by atoms with E-state index in [4.69, 9.17) is 4.74 Å². The molecule has 0 unspecified atom stereocenters. The van der Waals surface area contributed by atoms with E-state index in [9.17, 15) is 4.39 Å². The predicted octanol–water partition coefficient (Wildman–Crippen LogP) is 4.40. The fourth-order valence-electron chi connectivity index (χ4n) is 3.20. The number of likely N-dealkylation sites (N-methyl/N-ethyl adjacent to an activating group) is 1. The maximum atomic E-state index is 13.0. The number of hydrogen-bond acceptors (Lipinski definition) is 3. The minimum Gasteiger partial charge on any atom is -0.493 e. The van der Waals surface area contributed by atoms with Gasteiger partial charge in [0.15, 0.2) is 0 Å². The monoisotopic (exact) mass is 368 g/mol. The van der Waals surface area contributed by atoms with Crippen LogP contribution in [0.25, 0.3) is 12.2 Å². The van der Waals surface area contributed by atoms with Crippen molar-refractivity contribution >= 4 is 12.2 Å². The molecule has 0 saturated carbocycles. The summed E-state index contributed by atoms with van der Waals surface area (Å²) in [6.07, 6.45) is 6.22. The highest BCUT2D eigenvalue weighted by atomic mass is 19.1. The third-order valence-corrected chi connectivity index (χ3v) is 4.97. The summed E-state index contributed by atoms with van der Waals surface area (Å²) in [5.74, 6) is 0.683. The Bertz CT molecular complexity index is 721. The fraction of sp³-hybridized carbons (Fsp3) is 0.391.